The molecule has 0 aliphatic heterocycles. The number of thiophene rings is 1. The van der Waals surface area contributed by atoms with Crippen molar-refractivity contribution in [3.63, 3.8) is 0 Å². The average molecular weight is 472 g/mol. The van der Waals surface area contributed by atoms with Crippen molar-refractivity contribution in [2.75, 3.05) is 0 Å². The first kappa shape index (κ1) is 21.6. The molecule has 2 aromatic heterocycles. The quantitative estimate of drug-likeness (QED) is 0.259. The van der Waals surface area contributed by atoms with Gasteiger partial charge in [0.2, 0.25) is 0 Å². The molecule has 0 atom stereocenters. The summed E-state index contributed by atoms with van der Waals surface area (Å²) in [6, 6.07) is 33.9. The van der Waals surface area contributed by atoms with Gasteiger partial charge in [0.05, 0.1) is 0 Å². The highest BCUT2D eigenvalue weighted by atomic mass is 32.1. The molecule has 0 aliphatic carbocycles. The summed E-state index contributed by atoms with van der Waals surface area (Å²) in [5.41, 5.74) is 4.12. The van der Waals surface area contributed by atoms with E-state index in [1.54, 1.807) is 0 Å². The van der Waals surface area contributed by atoms with Crippen LogP contribution in [0.25, 0.3) is 54.1 Å². The number of rotatable bonds is 3. The lowest BCUT2D eigenvalue weighted by Gasteiger charge is -2.18. The van der Waals surface area contributed by atoms with E-state index in [1.165, 1.54) is 25.7 Å². The van der Waals surface area contributed by atoms with Crippen LogP contribution in [-0.2, 0) is 5.41 Å². The Morgan fingerprint density at radius 2 is 1.14 bits per heavy atom. The summed E-state index contributed by atoms with van der Waals surface area (Å²) in [5.74, 6) is 2.21. The van der Waals surface area contributed by atoms with Crippen molar-refractivity contribution in [2.45, 2.75) is 26.2 Å². The molecule has 170 valence electrons. The minimum absolute atomic E-state index is 0.203. The molecule has 0 saturated heterocycles. The molecule has 0 N–H and O–H groups in total. The fourth-order valence-electron chi connectivity index (χ4n) is 4.30. The summed E-state index contributed by atoms with van der Waals surface area (Å²) in [4.78, 5) is 14.8. The first-order chi connectivity index (χ1) is 17.0. The number of nitrogens with zero attached hydrogens (tertiary/aromatic N) is 3. The van der Waals surface area contributed by atoms with Gasteiger partial charge in [-0.15, -0.1) is 11.3 Å². The van der Waals surface area contributed by atoms with Crippen LogP contribution < -0.4 is 0 Å². The van der Waals surface area contributed by atoms with Gasteiger partial charge < -0.3 is 0 Å². The van der Waals surface area contributed by atoms with Crippen LogP contribution in [0, 0.1) is 0 Å². The van der Waals surface area contributed by atoms with Crippen molar-refractivity contribution in [1.29, 1.82) is 0 Å². The van der Waals surface area contributed by atoms with Gasteiger partial charge in [0, 0.05) is 36.7 Å². The van der Waals surface area contributed by atoms with Crippen molar-refractivity contribution in [2.24, 2.45) is 0 Å². The normalized spacial score (nSPS) is 11.9. The van der Waals surface area contributed by atoms with Crippen molar-refractivity contribution in [3.8, 4) is 33.9 Å². The highest BCUT2D eigenvalue weighted by molar-refractivity contribution is 7.25. The predicted molar refractivity (Wildman–Crippen MR) is 148 cm³/mol. The SMILES string of the molecule is CC(C)(C)c1nc(-c2cccc(-c3ccccc3)c2)nc(-c2ccc3c(c2)sc2ccccc23)n1. The van der Waals surface area contributed by atoms with E-state index in [4.69, 9.17) is 15.0 Å². The van der Waals surface area contributed by atoms with Crippen LogP contribution in [0.15, 0.2) is 97.1 Å². The molecule has 4 aromatic carbocycles. The number of hydrogen-bond donors (Lipinski definition) is 0. The Morgan fingerprint density at radius 3 is 1.91 bits per heavy atom. The Morgan fingerprint density at radius 1 is 0.514 bits per heavy atom. The number of benzene rings is 4. The molecule has 0 spiro atoms. The van der Waals surface area contributed by atoms with Gasteiger partial charge in [-0.2, -0.15) is 0 Å². The molecule has 4 heteroatoms. The van der Waals surface area contributed by atoms with Gasteiger partial charge in [-0.05, 0) is 29.3 Å². The topological polar surface area (TPSA) is 38.7 Å². The largest absolute Gasteiger partial charge is 0.212 e. The Hall–Kier alpha value is -3.89. The minimum Gasteiger partial charge on any atom is -0.212 e. The number of aromatic nitrogens is 3. The zero-order chi connectivity index (χ0) is 24.0. The minimum atomic E-state index is -0.203. The van der Waals surface area contributed by atoms with Crippen molar-refractivity contribution >= 4 is 31.5 Å². The molecule has 35 heavy (non-hydrogen) atoms. The third-order valence-corrected chi connectivity index (χ3v) is 7.30. The average Bonchev–Trinajstić information content (AvgIpc) is 3.26. The van der Waals surface area contributed by atoms with E-state index in [2.05, 4.69) is 112 Å². The second-order valence-electron chi connectivity index (χ2n) is 9.81. The molecule has 0 amide bonds. The Kier molecular flexibility index (Phi) is 5.19. The van der Waals surface area contributed by atoms with E-state index in [0.717, 1.165) is 22.5 Å². The maximum absolute atomic E-state index is 4.97. The van der Waals surface area contributed by atoms with E-state index >= 15 is 0 Å². The Balaban J connectivity index is 1.50. The lowest BCUT2D eigenvalue weighted by Crippen LogP contribution is -2.18. The Labute approximate surface area is 209 Å². The zero-order valence-electron chi connectivity index (χ0n) is 20.0. The van der Waals surface area contributed by atoms with Crippen LogP contribution in [0.5, 0.6) is 0 Å². The lowest BCUT2D eigenvalue weighted by molar-refractivity contribution is 0.543. The van der Waals surface area contributed by atoms with Gasteiger partial charge in [-0.3, -0.25) is 0 Å². The Bertz CT molecular complexity index is 1680. The molecular weight excluding hydrogens is 446 g/mol. The third-order valence-electron chi connectivity index (χ3n) is 6.17. The second kappa shape index (κ2) is 8.40. The van der Waals surface area contributed by atoms with Gasteiger partial charge in [-0.25, -0.2) is 15.0 Å². The summed E-state index contributed by atoms with van der Waals surface area (Å²) < 4.78 is 2.54. The van der Waals surface area contributed by atoms with E-state index in [1.807, 2.05) is 17.4 Å². The molecule has 2 heterocycles. The molecule has 0 bridgehead atoms. The van der Waals surface area contributed by atoms with Crippen molar-refractivity contribution < 1.29 is 0 Å². The zero-order valence-corrected chi connectivity index (χ0v) is 20.8. The lowest BCUT2D eigenvalue weighted by atomic mass is 9.95. The first-order valence-corrected chi connectivity index (χ1v) is 12.6. The third kappa shape index (κ3) is 4.11. The molecule has 0 radical (unpaired) electrons. The van der Waals surface area contributed by atoms with E-state index < -0.39 is 0 Å². The molecule has 0 unspecified atom stereocenters. The maximum atomic E-state index is 4.97. The highest BCUT2D eigenvalue weighted by Gasteiger charge is 2.21. The number of fused-ring (bicyclic) bond motifs is 3. The van der Waals surface area contributed by atoms with E-state index in [0.29, 0.717) is 11.6 Å². The molecule has 0 fully saturated rings. The monoisotopic (exact) mass is 471 g/mol. The van der Waals surface area contributed by atoms with Gasteiger partial charge in [-0.1, -0.05) is 99.6 Å². The highest BCUT2D eigenvalue weighted by Crippen LogP contribution is 2.36. The van der Waals surface area contributed by atoms with Crippen LogP contribution in [0.3, 0.4) is 0 Å². The van der Waals surface area contributed by atoms with Gasteiger partial charge in [0.15, 0.2) is 11.6 Å². The molecule has 6 rings (SSSR count). The fourth-order valence-corrected chi connectivity index (χ4v) is 5.45. The van der Waals surface area contributed by atoms with Crippen LogP contribution >= 0.6 is 11.3 Å². The van der Waals surface area contributed by atoms with Crippen LogP contribution in [0.1, 0.15) is 26.6 Å². The molecule has 3 nitrogen and oxygen atoms in total. The maximum Gasteiger partial charge on any atom is 0.163 e. The van der Waals surface area contributed by atoms with Crippen LogP contribution in [-0.4, -0.2) is 15.0 Å². The number of hydrogen-bond acceptors (Lipinski definition) is 4. The first-order valence-electron chi connectivity index (χ1n) is 11.8. The van der Waals surface area contributed by atoms with Crippen molar-refractivity contribution in [3.05, 3.63) is 103 Å². The van der Waals surface area contributed by atoms with Gasteiger partial charge in [0.25, 0.3) is 0 Å². The summed E-state index contributed by atoms with van der Waals surface area (Å²) in [5, 5.41) is 2.57. The smallest absolute Gasteiger partial charge is 0.163 e. The summed E-state index contributed by atoms with van der Waals surface area (Å²) in [7, 11) is 0. The van der Waals surface area contributed by atoms with Crippen LogP contribution in [0.4, 0.5) is 0 Å². The molecule has 0 aliphatic rings. The van der Waals surface area contributed by atoms with Gasteiger partial charge >= 0.3 is 0 Å². The fraction of sp³-hybridized carbons (Fsp3) is 0.129. The summed E-state index contributed by atoms with van der Waals surface area (Å²) in [6.45, 7) is 6.43. The summed E-state index contributed by atoms with van der Waals surface area (Å²) >= 11 is 1.81. The molecular formula is C31H25N3S. The molecule has 6 aromatic rings. The van der Waals surface area contributed by atoms with E-state index in [-0.39, 0.29) is 5.41 Å². The molecule has 0 saturated carbocycles. The summed E-state index contributed by atoms with van der Waals surface area (Å²) in [6.07, 6.45) is 0. The van der Waals surface area contributed by atoms with E-state index in [9.17, 15) is 0 Å². The predicted octanol–water partition coefficient (Wildman–Crippen LogP) is 8.54. The van der Waals surface area contributed by atoms with Crippen LogP contribution in [0.2, 0.25) is 0 Å². The standard InChI is InChI=1S/C31H25N3S/c1-31(2,3)30-33-28(22-13-9-12-21(18-22)20-10-5-4-6-11-20)32-29(34-30)23-16-17-25-24-14-7-8-15-26(24)35-27(25)19-23/h4-19H,1-3H3. The van der Waals surface area contributed by atoms with Crippen molar-refractivity contribution in [1.82, 2.24) is 15.0 Å². The van der Waals surface area contributed by atoms with Gasteiger partial charge in [0.1, 0.15) is 5.82 Å². The second-order valence-corrected chi connectivity index (χ2v) is 10.9.